The van der Waals surface area contributed by atoms with E-state index in [4.69, 9.17) is 5.26 Å². The van der Waals surface area contributed by atoms with E-state index in [0.29, 0.717) is 5.82 Å². The van der Waals surface area contributed by atoms with Crippen LogP contribution < -0.4 is 5.56 Å². The van der Waals surface area contributed by atoms with E-state index in [1.54, 1.807) is 6.07 Å². The van der Waals surface area contributed by atoms with Crippen LogP contribution in [-0.4, -0.2) is 9.97 Å². The first-order chi connectivity index (χ1) is 9.29. The van der Waals surface area contributed by atoms with Gasteiger partial charge in [-0.25, -0.2) is 4.98 Å². The summed E-state index contributed by atoms with van der Waals surface area (Å²) in [5, 5.41) is 10.8. The van der Waals surface area contributed by atoms with E-state index in [0.717, 1.165) is 16.3 Å². The molecule has 0 aliphatic heterocycles. The van der Waals surface area contributed by atoms with E-state index in [9.17, 15) is 4.79 Å². The van der Waals surface area contributed by atoms with Gasteiger partial charge in [-0.1, -0.05) is 42.5 Å². The quantitative estimate of drug-likeness (QED) is 0.718. The molecule has 0 fully saturated rings. The summed E-state index contributed by atoms with van der Waals surface area (Å²) in [6.45, 7) is 0. The lowest BCUT2D eigenvalue weighted by Gasteiger charge is -2.05. The lowest BCUT2D eigenvalue weighted by molar-refractivity contribution is 1.11. The summed E-state index contributed by atoms with van der Waals surface area (Å²) < 4.78 is 0. The number of hydrogen-bond donors (Lipinski definition) is 1. The van der Waals surface area contributed by atoms with Gasteiger partial charge >= 0.3 is 0 Å². The number of nitrogens with zero attached hydrogens (tertiary/aromatic N) is 2. The Labute approximate surface area is 109 Å². The van der Waals surface area contributed by atoms with Crippen LogP contribution >= 0.6 is 0 Å². The first-order valence-corrected chi connectivity index (χ1v) is 5.77. The Morgan fingerprint density at radius 3 is 2.68 bits per heavy atom. The molecule has 0 radical (unpaired) electrons. The van der Waals surface area contributed by atoms with Gasteiger partial charge in [0.1, 0.15) is 17.5 Å². The van der Waals surface area contributed by atoms with Gasteiger partial charge in [-0.15, -0.1) is 0 Å². The summed E-state index contributed by atoms with van der Waals surface area (Å²) in [6, 6.07) is 15.5. The fourth-order valence-corrected chi connectivity index (χ4v) is 2.04. The molecule has 3 aromatic rings. The van der Waals surface area contributed by atoms with Gasteiger partial charge in [-0.2, -0.15) is 5.26 Å². The van der Waals surface area contributed by atoms with Gasteiger partial charge in [-0.05, 0) is 10.8 Å². The zero-order valence-electron chi connectivity index (χ0n) is 9.92. The van der Waals surface area contributed by atoms with Crippen LogP contribution in [-0.2, 0) is 0 Å². The molecule has 19 heavy (non-hydrogen) atoms. The third kappa shape index (κ3) is 1.87. The van der Waals surface area contributed by atoms with Crippen LogP contribution in [0.2, 0.25) is 0 Å². The summed E-state index contributed by atoms with van der Waals surface area (Å²) in [4.78, 5) is 18.5. The predicted molar refractivity (Wildman–Crippen MR) is 72.5 cm³/mol. The van der Waals surface area contributed by atoms with E-state index in [-0.39, 0.29) is 5.56 Å². The third-order valence-corrected chi connectivity index (χ3v) is 2.96. The molecule has 0 saturated heterocycles. The number of benzene rings is 2. The molecule has 4 heteroatoms. The zero-order chi connectivity index (χ0) is 13.2. The Bertz CT molecular complexity index is 854. The van der Waals surface area contributed by atoms with Gasteiger partial charge < -0.3 is 4.98 Å². The maximum Gasteiger partial charge on any atom is 0.269 e. The number of H-pyrrole nitrogens is 1. The Kier molecular flexibility index (Phi) is 2.58. The van der Waals surface area contributed by atoms with E-state index >= 15 is 0 Å². The van der Waals surface area contributed by atoms with Crippen molar-refractivity contribution < 1.29 is 0 Å². The van der Waals surface area contributed by atoms with E-state index in [2.05, 4.69) is 9.97 Å². The Morgan fingerprint density at radius 1 is 1.11 bits per heavy atom. The first kappa shape index (κ1) is 11.2. The lowest BCUT2D eigenvalue weighted by atomic mass is 10.0. The maximum atomic E-state index is 11.7. The molecule has 3 rings (SSSR count). The van der Waals surface area contributed by atoms with Gasteiger partial charge in [-0.3, -0.25) is 4.79 Å². The Hall–Kier alpha value is -2.93. The van der Waals surface area contributed by atoms with Crippen molar-refractivity contribution in [2.24, 2.45) is 0 Å². The molecule has 0 aliphatic rings. The molecule has 1 heterocycles. The molecule has 90 valence electrons. The second-order valence-electron chi connectivity index (χ2n) is 4.11. The SMILES string of the molecule is N#Cc1cnc(-c2cccc3ccccc23)[nH]c1=O. The highest BCUT2D eigenvalue weighted by Crippen LogP contribution is 2.25. The molecular formula is C15H9N3O. The van der Waals surface area contributed by atoms with Crippen LogP contribution in [0.25, 0.3) is 22.2 Å². The van der Waals surface area contributed by atoms with Gasteiger partial charge in [0.25, 0.3) is 5.56 Å². The van der Waals surface area contributed by atoms with Crippen molar-refractivity contribution in [3.05, 3.63) is 64.6 Å². The molecule has 0 spiro atoms. The minimum atomic E-state index is -0.416. The number of nitrogens with one attached hydrogen (secondary N) is 1. The summed E-state index contributed by atoms with van der Waals surface area (Å²) in [7, 11) is 0. The second kappa shape index (κ2) is 4.39. The highest BCUT2D eigenvalue weighted by Gasteiger charge is 2.07. The number of nitriles is 1. The van der Waals surface area contributed by atoms with E-state index < -0.39 is 5.56 Å². The molecule has 0 bridgehead atoms. The second-order valence-corrected chi connectivity index (χ2v) is 4.11. The average Bonchev–Trinajstić information content (AvgIpc) is 2.46. The van der Waals surface area contributed by atoms with Crippen molar-refractivity contribution in [3.63, 3.8) is 0 Å². The number of aromatic nitrogens is 2. The standard InChI is InChI=1S/C15H9N3O/c16-8-11-9-17-14(18-15(11)19)13-7-3-5-10-4-1-2-6-12(10)13/h1-7,9H,(H,17,18,19). The van der Waals surface area contributed by atoms with Crippen LogP contribution in [0.3, 0.4) is 0 Å². The van der Waals surface area contributed by atoms with E-state index in [1.807, 2.05) is 42.5 Å². The molecule has 4 nitrogen and oxygen atoms in total. The number of hydrogen-bond acceptors (Lipinski definition) is 3. The van der Waals surface area contributed by atoms with Crippen molar-refractivity contribution >= 4 is 10.8 Å². The Morgan fingerprint density at radius 2 is 1.89 bits per heavy atom. The lowest BCUT2D eigenvalue weighted by Crippen LogP contribution is -2.12. The highest BCUT2D eigenvalue weighted by atomic mass is 16.1. The van der Waals surface area contributed by atoms with E-state index in [1.165, 1.54) is 6.20 Å². The molecular weight excluding hydrogens is 238 g/mol. The topological polar surface area (TPSA) is 69.5 Å². The summed E-state index contributed by atoms with van der Waals surface area (Å²) in [5.41, 5.74) is 0.448. The van der Waals surface area contributed by atoms with Crippen molar-refractivity contribution in [1.29, 1.82) is 5.26 Å². The normalized spacial score (nSPS) is 10.3. The molecule has 0 saturated carbocycles. The van der Waals surface area contributed by atoms with Crippen molar-refractivity contribution in [1.82, 2.24) is 9.97 Å². The maximum absolute atomic E-state index is 11.7. The predicted octanol–water partition coefficient (Wildman–Crippen LogP) is 2.46. The summed E-state index contributed by atoms with van der Waals surface area (Å²) >= 11 is 0. The smallest absolute Gasteiger partial charge is 0.269 e. The third-order valence-electron chi connectivity index (χ3n) is 2.96. The summed E-state index contributed by atoms with van der Waals surface area (Å²) in [6.07, 6.45) is 1.30. The number of fused-ring (bicyclic) bond motifs is 1. The van der Waals surface area contributed by atoms with Crippen LogP contribution in [0, 0.1) is 11.3 Å². The fraction of sp³-hybridized carbons (Fsp3) is 0. The van der Waals surface area contributed by atoms with Crippen LogP contribution in [0.15, 0.2) is 53.5 Å². The van der Waals surface area contributed by atoms with Gasteiger partial charge in [0.15, 0.2) is 0 Å². The molecule has 0 aliphatic carbocycles. The Balaban J connectivity index is 2.28. The van der Waals surface area contributed by atoms with Crippen molar-refractivity contribution in [2.45, 2.75) is 0 Å². The van der Waals surface area contributed by atoms with Crippen LogP contribution in [0.5, 0.6) is 0 Å². The molecule has 0 atom stereocenters. The number of rotatable bonds is 1. The average molecular weight is 247 g/mol. The molecule has 0 amide bonds. The molecule has 2 aromatic carbocycles. The van der Waals surface area contributed by atoms with Crippen LogP contribution in [0.1, 0.15) is 5.56 Å². The molecule has 1 N–H and O–H groups in total. The monoisotopic (exact) mass is 247 g/mol. The van der Waals surface area contributed by atoms with Crippen molar-refractivity contribution in [2.75, 3.05) is 0 Å². The minimum Gasteiger partial charge on any atom is -0.305 e. The zero-order valence-corrected chi connectivity index (χ0v) is 9.92. The largest absolute Gasteiger partial charge is 0.305 e. The van der Waals surface area contributed by atoms with Crippen LogP contribution in [0.4, 0.5) is 0 Å². The molecule has 0 unspecified atom stereocenters. The van der Waals surface area contributed by atoms with Gasteiger partial charge in [0.2, 0.25) is 0 Å². The summed E-state index contributed by atoms with van der Waals surface area (Å²) in [5.74, 6) is 0.473. The number of aromatic amines is 1. The minimum absolute atomic E-state index is 0.0176. The fourth-order valence-electron chi connectivity index (χ4n) is 2.04. The van der Waals surface area contributed by atoms with Gasteiger partial charge in [0.05, 0.1) is 6.20 Å². The highest BCUT2D eigenvalue weighted by molar-refractivity contribution is 5.94. The molecule has 1 aromatic heterocycles. The first-order valence-electron chi connectivity index (χ1n) is 5.77. The van der Waals surface area contributed by atoms with Crippen molar-refractivity contribution in [3.8, 4) is 17.5 Å². The van der Waals surface area contributed by atoms with Gasteiger partial charge in [0, 0.05) is 5.56 Å².